The van der Waals surface area contributed by atoms with Crippen LogP contribution in [0.4, 0.5) is 0 Å². The number of ether oxygens (including phenoxy) is 3. The number of nitrogens with one attached hydrogen (secondary N) is 2. The Morgan fingerprint density at radius 1 is 1.06 bits per heavy atom. The van der Waals surface area contributed by atoms with Gasteiger partial charge in [-0.15, -0.1) is 24.0 Å². The van der Waals surface area contributed by atoms with Crippen LogP contribution in [0.2, 0.25) is 0 Å². The van der Waals surface area contributed by atoms with Crippen molar-refractivity contribution < 1.29 is 14.2 Å². The van der Waals surface area contributed by atoms with Gasteiger partial charge in [-0.25, -0.2) is 0 Å². The molecule has 0 aromatic heterocycles. The summed E-state index contributed by atoms with van der Waals surface area (Å²) in [7, 11) is 9.32. The van der Waals surface area contributed by atoms with Crippen LogP contribution in [0.15, 0.2) is 47.5 Å². The Balaban J connectivity index is 0.00000544. The highest BCUT2D eigenvalue weighted by atomic mass is 127. The van der Waals surface area contributed by atoms with E-state index in [0.29, 0.717) is 26.3 Å². The van der Waals surface area contributed by atoms with E-state index in [1.807, 2.05) is 12.1 Å². The van der Waals surface area contributed by atoms with Crippen molar-refractivity contribution in [1.82, 2.24) is 15.5 Å². The predicted octanol–water partition coefficient (Wildman–Crippen LogP) is 4.00. The zero-order valence-corrected chi connectivity index (χ0v) is 23.0. The molecule has 0 aliphatic rings. The minimum atomic E-state index is 0. The van der Waals surface area contributed by atoms with Crippen LogP contribution >= 0.6 is 24.0 Å². The van der Waals surface area contributed by atoms with Crippen molar-refractivity contribution in [2.45, 2.75) is 25.9 Å². The minimum absolute atomic E-state index is 0. The Bertz CT molecular complexity index is 861. The fraction of sp³-hybridized carbons (Fsp3) is 0.480. The maximum atomic E-state index is 6.00. The second-order valence-electron chi connectivity index (χ2n) is 7.87. The predicted molar refractivity (Wildman–Crippen MR) is 146 cm³/mol. The number of benzene rings is 2. The molecular weight excluding hydrogens is 531 g/mol. The number of aryl methyl sites for hydroxylation is 1. The molecule has 0 amide bonds. The Hall–Kier alpha value is -2.04. The molecule has 1 atom stereocenters. The fourth-order valence-electron chi connectivity index (χ4n) is 3.37. The van der Waals surface area contributed by atoms with Gasteiger partial charge in [0.1, 0.15) is 11.5 Å². The number of rotatable bonds is 12. The SMILES string of the molecule is CN=C(NCc1ccc(C)cc1OCCCOC)NCC(c1cccc(OC)c1)N(C)C.I. The molecule has 0 saturated heterocycles. The van der Waals surface area contributed by atoms with Crippen molar-refractivity contribution in [3.05, 3.63) is 59.2 Å². The molecule has 2 rings (SSSR count). The van der Waals surface area contributed by atoms with E-state index >= 15 is 0 Å². The van der Waals surface area contributed by atoms with Crippen LogP contribution < -0.4 is 20.1 Å². The van der Waals surface area contributed by atoms with Gasteiger partial charge in [0.05, 0.1) is 19.8 Å². The first-order chi connectivity index (χ1) is 15.5. The molecule has 0 heterocycles. The summed E-state index contributed by atoms with van der Waals surface area (Å²) in [5.41, 5.74) is 3.45. The van der Waals surface area contributed by atoms with E-state index in [2.05, 4.69) is 71.9 Å². The number of aliphatic imine (C=N–C) groups is 1. The average Bonchev–Trinajstić information content (AvgIpc) is 2.79. The number of nitrogens with zero attached hydrogens (tertiary/aromatic N) is 2. The standard InChI is InChI=1S/C25H38N4O3.HI/c1-19-11-12-21(24(15-19)32-14-8-13-30-5)17-27-25(26-2)28-18-23(29(3)4)20-9-7-10-22(16-20)31-6;/h7,9-12,15-16,23H,8,13-14,17-18H2,1-6H3,(H2,26,27,28);1H. The third-order valence-corrected chi connectivity index (χ3v) is 5.21. The maximum Gasteiger partial charge on any atom is 0.191 e. The first-order valence-electron chi connectivity index (χ1n) is 10.9. The van der Waals surface area contributed by atoms with Crippen molar-refractivity contribution in [2.24, 2.45) is 4.99 Å². The lowest BCUT2D eigenvalue weighted by Gasteiger charge is -2.26. The van der Waals surface area contributed by atoms with E-state index < -0.39 is 0 Å². The molecular formula is C25H39IN4O3. The van der Waals surface area contributed by atoms with Crippen LogP contribution in [0.1, 0.15) is 29.2 Å². The highest BCUT2D eigenvalue weighted by Gasteiger charge is 2.15. The van der Waals surface area contributed by atoms with Crippen molar-refractivity contribution in [3.8, 4) is 11.5 Å². The molecule has 0 saturated carbocycles. The molecule has 0 bridgehead atoms. The van der Waals surface area contributed by atoms with Gasteiger partial charge in [0, 0.05) is 45.8 Å². The van der Waals surface area contributed by atoms with Crippen LogP contribution in [0.25, 0.3) is 0 Å². The Kier molecular flexibility index (Phi) is 13.8. The van der Waals surface area contributed by atoms with Crippen LogP contribution in [0.5, 0.6) is 11.5 Å². The monoisotopic (exact) mass is 570 g/mol. The Morgan fingerprint density at radius 3 is 2.52 bits per heavy atom. The molecule has 2 N–H and O–H groups in total. The second-order valence-corrected chi connectivity index (χ2v) is 7.87. The number of hydrogen-bond donors (Lipinski definition) is 2. The summed E-state index contributed by atoms with van der Waals surface area (Å²) in [6, 6.07) is 14.6. The van der Waals surface area contributed by atoms with Crippen LogP contribution in [0.3, 0.4) is 0 Å². The van der Waals surface area contributed by atoms with Gasteiger partial charge in [-0.3, -0.25) is 4.99 Å². The normalized spacial score (nSPS) is 12.2. The molecule has 33 heavy (non-hydrogen) atoms. The summed E-state index contributed by atoms with van der Waals surface area (Å²) in [6.45, 7) is 4.71. The lowest BCUT2D eigenvalue weighted by molar-refractivity contribution is 0.171. The number of likely N-dealkylation sites (N-methyl/N-ethyl adjacent to an activating group) is 1. The Morgan fingerprint density at radius 2 is 1.85 bits per heavy atom. The number of guanidine groups is 1. The van der Waals surface area contributed by atoms with E-state index in [4.69, 9.17) is 14.2 Å². The van der Waals surface area contributed by atoms with Crippen LogP contribution in [-0.4, -0.2) is 66.0 Å². The highest BCUT2D eigenvalue weighted by Crippen LogP contribution is 2.22. The van der Waals surface area contributed by atoms with Gasteiger partial charge in [0.15, 0.2) is 5.96 Å². The maximum absolute atomic E-state index is 6.00. The van der Waals surface area contributed by atoms with Gasteiger partial charge in [0.2, 0.25) is 0 Å². The van der Waals surface area contributed by atoms with Crippen molar-refractivity contribution in [3.63, 3.8) is 0 Å². The highest BCUT2D eigenvalue weighted by molar-refractivity contribution is 14.0. The average molecular weight is 571 g/mol. The molecule has 2 aromatic rings. The summed E-state index contributed by atoms with van der Waals surface area (Å²) in [4.78, 5) is 6.57. The summed E-state index contributed by atoms with van der Waals surface area (Å²) >= 11 is 0. The van der Waals surface area contributed by atoms with E-state index in [9.17, 15) is 0 Å². The minimum Gasteiger partial charge on any atom is -0.497 e. The third kappa shape index (κ3) is 9.77. The van der Waals surface area contributed by atoms with E-state index in [0.717, 1.165) is 29.4 Å². The molecule has 0 radical (unpaired) electrons. The summed E-state index contributed by atoms with van der Waals surface area (Å²) in [5, 5.41) is 6.85. The Labute approximate surface area is 215 Å². The van der Waals surface area contributed by atoms with E-state index in [1.54, 1.807) is 21.3 Å². The zero-order chi connectivity index (χ0) is 23.3. The van der Waals surface area contributed by atoms with Crippen molar-refractivity contribution >= 4 is 29.9 Å². The first kappa shape index (κ1) is 29.0. The topological polar surface area (TPSA) is 67.4 Å². The molecule has 0 aliphatic carbocycles. The zero-order valence-electron chi connectivity index (χ0n) is 20.7. The molecule has 0 aliphatic heterocycles. The van der Waals surface area contributed by atoms with Gasteiger partial charge in [-0.05, 0) is 50.3 Å². The third-order valence-electron chi connectivity index (χ3n) is 5.21. The molecule has 0 fully saturated rings. The summed E-state index contributed by atoms with van der Waals surface area (Å²) in [5.74, 6) is 2.49. The van der Waals surface area contributed by atoms with Gasteiger partial charge in [-0.1, -0.05) is 24.3 Å². The van der Waals surface area contributed by atoms with Gasteiger partial charge in [0.25, 0.3) is 0 Å². The smallest absolute Gasteiger partial charge is 0.191 e. The molecule has 8 heteroatoms. The van der Waals surface area contributed by atoms with Crippen molar-refractivity contribution in [2.75, 3.05) is 55.1 Å². The largest absolute Gasteiger partial charge is 0.497 e. The lowest BCUT2D eigenvalue weighted by atomic mass is 10.1. The molecule has 184 valence electrons. The van der Waals surface area contributed by atoms with Crippen molar-refractivity contribution in [1.29, 1.82) is 0 Å². The first-order valence-corrected chi connectivity index (χ1v) is 10.9. The van der Waals surface area contributed by atoms with Crippen LogP contribution in [0, 0.1) is 6.92 Å². The fourth-order valence-corrected chi connectivity index (χ4v) is 3.37. The molecule has 0 spiro atoms. The van der Waals surface area contributed by atoms with Gasteiger partial charge in [-0.2, -0.15) is 0 Å². The lowest BCUT2D eigenvalue weighted by Crippen LogP contribution is -2.41. The molecule has 1 unspecified atom stereocenters. The summed E-state index contributed by atoms with van der Waals surface area (Å²) in [6.07, 6.45) is 0.858. The number of halogens is 1. The van der Waals surface area contributed by atoms with Gasteiger partial charge < -0.3 is 29.7 Å². The number of methoxy groups -OCH3 is 2. The van der Waals surface area contributed by atoms with E-state index in [1.165, 1.54) is 11.1 Å². The van der Waals surface area contributed by atoms with E-state index in [-0.39, 0.29) is 30.0 Å². The quantitative estimate of drug-likeness (QED) is 0.174. The number of hydrogen-bond acceptors (Lipinski definition) is 5. The summed E-state index contributed by atoms with van der Waals surface area (Å²) < 4.78 is 16.5. The van der Waals surface area contributed by atoms with Gasteiger partial charge >= 0.3 is 0 Å². The molecule has 2 aromatic carbocycles. The molecule has 7 nitrogen and oxygen atoms in total. The second kappa shape index (κ2) is 15.7. The van der Waals surface area contributed by atoms with Crippen LogP contribution in [-0.2, 0) is 11.3 Å².